The number of hydrogen-bond donors (Lipinski definition) is 1. The maximum absolute atomic E-state index is 3.42. The highest BCUT2D eigenvalue weighted by atomic mass is 14.9. The first kappa shape index (κ1) is 9.37. The standard InChI is InChI=1S/C11H19N/c1-5-12-11-9(3)6-8(2)7-10(11)4/h6,8,12H,5,7H2,1-4H3. The minimum atomic E-state index is 0.715. The van der Waals surface area contributed by atoms with Gasteiger partial charge in [-0.1, -0.05) is 13.0 Å². The van der Waals surface area contributed by atoms with E-state index >= 15 is 0 Å². The molecule has 68 valence electrons. The Hall–Kier alpha value is -0.720. The minimum absolute atomic E-state index is 0.715. The third-order valence-corrected chi connectivity index (χ3v) is 2.34. The lowest BCUT2D eigenvalue weighted by atomic mass is 9.90. The highest BCUT2D eigenvalue weighted by Gasteiger charge is 2.13. The van der Waals surface area contributed by atoms with E-state index < -0.39 is 0 Å². The molecule has 0 fully saturated rings. The highest BCUT2D eigenvalue weighted by Crippen LogP contribution is 2.26. The fourth-order valence-electron chi connectivity index (χ4n) is 1.96. The second kappa shape index (κ2) is 3.79. The van der Waals surface area contributed by atoms with E-state index in [1.807, 2.05) is 0 Å². The molecular weight excluding hydrogens is 146 g/mol. The average molecular weight is 165 g/mol. The van der Waals surface area contributed by atoms with E-state index in [9.17, 15) is 0 Å². The molecule has 1 aliphatic carbocycles. The molecule has 0 aromatic rings. The zero-order valence-corrected chi connectivity index (χ0v) is 8.57. The molecule has 0 aliphatic heterocycles. The molecule has 1 unspecified atom stereocenters. The zero-order chi connectivity index (χ0) is 9.14. The fourth-order valence-corrected chi connectivity index (χ4v) is 1.96. The lowest BCUT2D eigenvalue weighted by Crippen LogP contribution is -2.18. The van der Waals surface area contributed by atoms with Crippen LogP contribution in [0.3, 0.4) is 0 Å². The molecule has 0 saturated carbocycles. The molecule has 0 aromatic heterocycles. The third kappa shape index (κ3) is 1.90. The number of allylic oxidation sites excluding steroid dienone is 3. The summed E-state index contributed by atoms with van der Waals surface area (Å²) in [5.41, 5.74) is 4.29. The van der Waals surface area contributed by atoms with Gasteiger partial charge in [-0.05, 0) is 44.3 Å². The lowest BCUT2D eigenvalue weighted by molar-refractivity contribution is 0.670. The molecular formula is C11H19N. The lowest BCUT2D eigenvalue weighted by Gasteiger charge is -2.22. The number of likely N-dealkylation sites (N-methyl/N-ethyl adjacent to an activating group) is 1. The normalized spacial score (nSPS) is 24.0. The van der Waals surface area contributed by atoms with E-state index in [0.717, 1.165) is 6.54 Å². The Labute approximate surface area is 75.6 Å². The second-order valence-corrected chi connectivity index (χ2v) is 3.72. The van der Waals surface area contributed by atoms with Gasteiger partial charge in [0.05, 0.1) is 0 Å². The van der Waals surface area contributed by atoms with Gasteiger partial charge in [-0.2, -0.15) is 0 Å². The molecule has 1 nitrogen and oxygen atoms in total. The van der Waals surface area contributed by atoms with Gasteiger partial charge in [0.1, 0.15) is 0 Å². The predicted octanol–water partition coefficient (Wildman–Crippen LogP) is 2.86. The smallest absolute Gasteiger partial charge is 0.0355 e. The van der Waals surface area contributed by atoms with Crippen molar-refractivity contribution >= 4 is 0 Å². The highest BCUT2D eigenvalue weighted by molar-refractivity contribution is 5.35. The number of nitrogens with one attached hydrogen (secondary N) is 1. The third-order valence-electron chi connectivity index (χ3n) is 2.34. The summed E-state index contributed by atoms with van der Waals surface area (Å²) in [5.74, 6) is 0.715. The summed E-state index contributed by atoms with van der Waals surface area (Å²) < 4.78 is 0. The maximum atomic E-state index is 3.42. The monoisotopic (exact) mass is 165 g/mol. The van der Waals surface area contributed by atoms with Crippen molar-refractivity contribution in [2.24, 2.45) is 5.92 Å². The van der Waals surface area contributed by atoms with Crippen molar-refractivity contribution in [1.29, 1.82) is 0 Å². The molecule has 1 atom stereocenters. The maximum Gasteiger partial charge on any atom is 0.0355 e. The Kier molecular flexibility index (Phi) is 2.96. The van der Waals surface area contributed by atoms with Crippen LogP contribution >= 0.6 is 0 Å². The van der Waals surface area contributed by atoms with Crippen LogP contribution in [-0.2, 0) is 0 Å². The van der Waals surface area contributed by atoms with Gasteiger partial charge >= 0.3 is 0 Å². The molecule has 0 radical (unpaired) electrons. The molecule has 0 aromatic carbocycles. The van der Waals surface area contributed by atoms with Crippen LogP contribution in [0.5, 0.6) is 0 Å². The van der Waals surface area contributed by atoms with E-state index in [2.05, 4.69) is 39.1 Å². The quantitative estimate of drug-likeness (QED) is 0.663. The Balaban J connectivity index is 2.82. The molecule has 1 aliphatic rings. The van der Waals surface area contributed by atoms with Crippen molar-refractivity contribution < 1.29 is 0 Å². The van der Waals surface area contributed by atoms with E-state index in [0.29, 0.717) is 5.92 Å². The summed E-state index contributed by atoms with van der Waals surface area (Å²) in [4.78, 5) is 0. The molecule has 0 saturated heterocycles. The van der Waals surface area contributed by atoms with Crippen LogP contribution in [0.15, 0.2) is 22.9 Å². The second-order valence-electron chi connectivity index (χ2n) is 3.72. The zero-order valence-electron chi connectivity index (χ0n) is 8.57. The number of rotatable bonds is 2. The molecule has 1 rings (SSSR count). The molecule has 1 heteroatoms. The first-order valence-electron chi connectivity index (χ1n) is 4.77. The predicted molar refractivity (Wildman–Crippen MR) is 53.9 cm³/mol. The Morgan fingerprint density at radius 3 is 2.67 bits per heavy atom. The van der Waals surface area contributed by atoms with Gasteiger partial charge in [0.25, 0.3) is 0 Å². The van der Waals surface area contributed by atoms with Crippen molar-refractivity contribution in [2.75, 3.05) is 6.54 Å². The summed E-state index contributed by atoms with van der Waals surface area (Å²) in [6, 6.07) is 0. The first-order chi connectivity index (χ1) is 5.65. The van der Waals surface area contributed by atoms with E-state index in [-0.39, 0.29) is 0 Å². The first-order valence-corrected chi connectivity index (χ1v) is 4.77. The molecule has 12 heavy (non-hydrogen) atoms. The van der Waals surface area contributed by atoms with Crippen molar-refractivity contribution in [2.45, 2.75) is 34.1 Å². The van der Waals surface area contributed by atoms with Gasteiger partial charge in [-0.3, -0.25) is 0 Å². The van der Waals surface area contributed by atoms with E-state index in [1.54, 1.807) is 0 Å². The van der Waals surface area contributed by atoms with Crippen LogP contribution in [0, 0.1) is 5.92 Å². The Morgan fingerprint density at radius 1 is 1.50 bits per heavy atom. The summed E-state index contributed by atoms with van der Waals surface area (Å²) >= 11 is 0. The molecule has 0 spiro atoms. The van der Waals surface area contributed by atoms with Crippen molar-refractivity contribution in [3.63, 3.8) is 0 Å². The molecule has 0 bridgehead atoms. The Bertz CT molecular complexity index is 223. The fraction of sp³-hybridized carbons (Fsp3) is 0.636. The van der Waals surface area contributed by atoms with Gasteiger partial charge in [-0.15, -0.1) is 0 Å². The van der Waals surface area contributed by atoms with Gasteiger partial charge in [0.15, 0.2) is 0 Å². The van der Waals surface area contributed by atoms with Crippen LogP contribution < -0.4 is 5.32 Å². The van der Waals surface area contributed by atoms with Crippen LogP contribution in [-0.4, -0.2) is 6.54 Å². The topological polar surface area (TPSA) is 12.0 Å². The number of hydrogen-bond acceptors (Lipinski definition) is 1. The van der Waals surface area contributed by atoms with Crippen molar-refractivity contribution in [3.05, 3.63) is 22.9 Å². The average Bonchev–Trinajstić information content (AvgIpc) is 1.96. The van der Waals surface area contributed by atoms with Gasteiger partial charge in [-0.25, -0.2) is 0 Å². The van der Waals surface area contributed by atoms with E-state index in [1.165, 1.54) is 23.3 Å². The summed E-state index contributed by atoms with van der Waals surface area (Å²) in [6.45, 7) is 9.86. The van der Waals surface area contributed by atoms with Crippen molar-refractivity contribution in [3.8, 4) is 0 Å². The van der Waals surface area contributed by atoms with Gasteiger partial charge < -0.3 is 5.32 Å². The largest absolute Gasteiger partial charge is 0.385 e. The van der Waals surface area contributed by atoms with Crippen LogP contribution in [0.1, 0.15) is 34.1 Å². The summed E-state index contributed by atoms with van der Waals surface area (Å²) in [5, 5.41) is 3.42. The summed E-state index contributed by atoms with van der Waals surface area (Å²) in [7, 11) is 0. The van der Waals surface area contributed by atoms with Gasteiger partial charge in [0, 0.05) is 12.2 Å². The van der Waals surface area contributed by atoms with E-state index in [4.69, 9.17) is 0 Å². The Morgan fingerprint density at radius 2 is 2.17 bits per heavy atom. The minimum Gasteiger partial charge on any atom is -0.385 e. The van der Waals surface area contributed by atoms with Gasteiger partial charge in [0.2, 0.25) is 0 Å². The van der Waals surface area contributed by atoms with Crippen molar-refractivity contribution in [1.82, 2.24) is 5.32 Å². The molecule has 0 heterocycles. The molecule has 1 N–H and O–H groups in total. The summed E-state index contributed by atoms with van der Waals surface area (Å²) in [6.07, 6.45) is 3.56. The van der Waals surface area contributed by atoms with Crippen LogP contribution in [0.2, 0.25) is 0 Å². The van der Waals surface area contributed by atoms with Crippen LogP contribution in [0.25, 0.3) is 0 Å². The van der Waals surface area contributed by atoms with Crippen LogP contribution in [0.4, 0.5) is 0 Å². The SMILES string of the molecule is CCNC1=C(C)CC(C)C=C1C. The molecule has 0 amide bonds.